The van der Waals surface area contributed by atoms with Crippen LogP contribution in [0.1, 0.15) is 23.1 Å². The first-order valence-corrected chi connectivity index (χ1v) is 9.77. The second-order valence-corrected chi connectivity index (χ2v) is 7.47. The molecule has 0 aliphatic carbocycles. The van der Waals surface area contributed by atoms with E-state index in [2.05, 4.69) is 10.4 Å². The lowest BCUT2D eigenvalue weighted by molar-refractivity contribution is -0.124. The van der Waals surface area contributed by atoms with Gasteiger partial charge in [0.15, 0.2) is 0 Å². The van der Waals surface area contributed by atoms with Gasteiger partial charge in [-0.3, -0.25) is 14.5 Å². The number of fused-ring (bicyclic) bond motifs is 1. The molecule has 2 amide bonds. The highest BCUT2D eigenvalue weighted by Gasteiger charge is 2.28. The zero-order valence-electron chi connectivity index (χ0n) is 16.7. The molecule has 0 atom stereocenters. The van der Waals surface area contributed by atoms with Gasteiger partial charge in [0.05, 0.1) is 12.2 Å². The Morgan fingerprint density at radius 2 is 1.69 bits per heavy atom. The molecule has 4 rings (SSSR count). The van der Waals surface area contributed by atoms with E-state index < -0.39 is 0 Å². The molecule has 2 heterocycles. The summed E-state index contributed by atoms with van der Waals surface area (Å²) in [5, 5.41) is 7.53. The van der Waals surface area contributed by atoms with Gasteiger partial charge < -0.3 is 5.32 Å². The van der Waals surface area contributed by atoms with Crippen LogP contribution in [0.2, 0.25) is 0 Å². The van der Waals surface area contributed by atoms with Crippen molar-refractivity contribution in [2.24, 2.45) is 0 Å². The summed E-state index contributed by atoms with van der Waals surface area (Å²) in [4.78, 5) is 26.5. The molecular formula is C23H24N4O2. The Labute approximate surface area is 170 Å². The Morgan fingerprint density at radius 1 is 1.03 bits per heavy atom. The number of benzene rings is 2. The van der Waals surface area contributed by atoms with E-state index in [4.69, 9.17) is 0 Å². The van der Waals surface area contributed by atoms with Crippen LogP contribution >= 0.6 is 0 Å². The van der Waals surface area contributed by atoms with Crippen LogP contribution in [-0.4, -0.2) is 28.1 Å². The van der Waals surface area contributed by atoms with Crippen molar-refractivity contribution in [1.82, 2.24) is 15.1 Å². The zero-order chi connectivity index (χ0) is 20.4. The molecule has 0 bridgehead atoms. The van der Waals surface area contributed by atoms with E-state index in [-0.39, 0.29) is 18.4 Å². The average molecular weight is 388 g/mol. The van der Waals surface area contributed by atoms with E-state index in [0.717, 1.165) is 16.8 Å². The van der Waals surface area contributed by atoms with Crippen LogP contribution in [0, 0.1) is 13.8 Å². The molecule has 148 valence electrons. The van der Waals surface area contributed by atoms with Crippen LogP contribution in [0.4, 0.5) is 5.82 Å². The molecule has 1 aliphatic heterocycles. The molecule has 6 heteroatoms. The maximum Gasteiger partial charge on any atom is 0.240 e. The first-order chi connectivity index (χ1) is 14.0. The second kappa shape index (κ2) is 7.91. The summed E-state index contributed by atoms with van der Waals surface area (Å²) >= 11 is 0. The van der Waals surface area contributed by atoms with E-state index in [1.165, 1.54) is 16.0 Å². The van der Waals surface area contributed by atoms with Gasteiger partial charge in [0.2, 0.25) is 11.8 Å². The summed E-state index contributed by atoms with van der Waals surface area (Å²) in [7, 11) is 0. The highest BCUT2D eigenvalue weighted by atomic mass is 16.2. The smallest absolute Gasteiger partial charge is 0.240 e. The lowest BCUT2D eigenvalue weighted by atomic mass is 10.1. The largest absolute Gasteiger partial charge is 0.350 e. The maximum atomic E-state index is 12.5. The van der Waals surface area contributed by atoms with Gasteiger partial charge in [-0.05, 0) is 19.4 Å². The summed E-state index contributed by atoms with van der Waals surface area (Å²) in [6.07, 6.45) is 0.341. The van der Waals surface area contributed by atoms with E-state index in [1.54, 1.807) is 0 Å². The predicted molar refractivity (Wildman–Crippen MR) is 112 cm³/mol. The Hall–Kier alpha value is -3.41. The Bertz CT molecular complexity index is 1040. The van der Waals surface area contributed by atoms with Gasteiger partial charge in [0.25, 0.3) is 0 Å². The van der Waals surface area contributed by atoms with Crippen molar-refractivity contribution >= 4 is 17.6 Å². The number of carbonyl (C=O) groups is 2. The number of aryl methyl sites for hydroxylation is 3. The molecule has 2 aromatic carbocycles. The Morgan fingerprint density at radius 3 is 2.38 bits per heavy atom. The number of aromatic nitrogens is 2. The number of hydrogen-bond acceptors (Lipinski definition) is 3. The number of hydrogen-bond donors (Lipinski definition) is 1. The fourth-order valence-electron chi connectivity index (χ4n) is 3.39. The molecule has 0 fully saturated rings. The third-order valence-electron chi connectivity index (χ3n) is 5.13. The predicted octanol–water partition coefficient (Wildman–Crippen LogP) is 3.22. The highest BCUT2D eigenvalue weighted by Crippen LogP contribution is 2.28. The number of nitrogens with one attached hydrogen (secondary N) is 1. The van der Waals surface area contributed by atoms with Crippen molar-refractivity contribution < 1.29 is 9.59 Å². The number of anilines is 1. The molecule has 6 nitrogen and oxygen atoms in total. The molecule has 3 aromatic rings. The summed E-state index contributed by atoms with van der Waals surface area (Å²) in [5.41, 5.74) is 5.19. The standard InChI is InChI=1S/C23H24N4O2/c1-16-3-7-18(8-4-16)14-24-21(28)15-26-22-13-20(19-9-5-17(2)6-10-19)25-27(22)12-11-23(26)29/h3-10,13H,11-12,14-15H2,1-2H3,(H,24,28). The molecule has 29 heavy (non-hydrogen) atoms. The number of rotatable bonds is 5. The third kappa shape index (κ3) is 4.21. The fourth-order valence-corrected chi connectivity index (χ4v) is 3.39. The maximum absolute atomic E-state index is 12.5. The summed E-state index contributed by atoms with van der Waals surface area (Å²) in [6, 6.07) is 18.0. The van der Waals surface area contributed by atoms with E-state index in [0.29, 0.717) is 25.3 Å². The van der Waals surface area contributed by atoms with Crippen molar-refractivity contribution in [3.63, 3.8) is 0 Å². The minimum Gasteiger partial charge on any atom is -0.350 e. The zero-order valence-corrected chi connectivity index (χ0v) is 16.7. The topological polar surface area (TPSA) is 67.2 Å². The Kier molecular flexibility index (Phi) is 5.16. The van der Waals surface area contributed by atoms with Crippen molar-refractivity contribution in [3.05, 3.63) is 71.3 Å². The molecule has 0 saturated heterocycles. The van der Waals surface area contributed by atoms with Crippen molar-refractivity contribution in [2.45, 2.75) is 33.4 Å². The molecule has 0 spiro atoms. The van der Waals surface area contributed by atoms with Crippen molar-refractivity contribution in [3.8, 4) is 11.3 Å². The van der Waals surface area contributed by atoms with Crippen LogP contribution < -0.4 is 10.2 Å². The van der Waals surface area contributed by atoms with Gasteiger partial charge in [-0.1, -0.05) is 59.7 Å². The highest BCUT2D eigenvalue weighted by molar-refractivity contribution is 5.99. The SMILES string of the molecule is Cc1ccc(CNC(=O)CN2C(=O)CCn3nc(-c4ccc(C)cc4)cc32)cc1. The van der Waals surface area contributed by atoms with Crippen LogP contribution in [-0.2, 0) is 22.7 Å². The molecule has 0 saturated carbocycles. The summed E-state index contributed by atoms with van der Waals surface area (Å²) in [6.45, 7) is 5.02. The minimum atomic E-state index is -0.189. The second-order valence-electron chi connectivity index (χ2n) is 7.47. The number of carbonyl (C=O) groups excluding carboxylic acids is 2. The summed E-state index contributed by atoms with van der Waals surface area (Å²) in [5.74, 6) is 0.422. The van der Waals surface area contributed by atoms with Gasteiger partial charge in [-0.15, -0.1) is 0 Å². The van der Waals surface area contributed by atoms with Gasteiger partial charge in [0, 0.05) is 24.6 Å². The molecule has 0 radical (unpaired) electrons. The molecule has 1 N–H and O–H groups in total. The van der Waals surface area contributed by atoms with Gasteiger partial charge >= 0.3 is 0 Å². The summed E-state index contributed by atoms with van der Waals surface area (Å²) < 4.78 is 1.81. The van der Waals surface area contributed by atoms with Crippen LogP contribution in [0.25, 0.3) is 11.3 Å². The molecular weight excluding hydrogens is 364 g/mol. The van der Waals surface area contributed by atoms with Crippen molar-refractivity contribution in [1.29, 1.82) is 0 Å². The number of amides is 2. The number of nitrogens with zero attached hydrogens (tertiary/aromatic N) is 3. The normalized spacial score (nSPS) is 13.3. The van der Waals surface area contributed by atoms with E-state index in [9.17, 15) is 9.59 Å². The third-order valence-corrected chi connectivity index (χ3v) is 5.13. The van der Waals surface area contributed by atoms with Gasteiger partial charge in [0.1, 0.15) is 12.4 Å². The molecule has 1 aromatic heterocycles. The van der Waals surface area contributed by atoms with Crippen LogP contribution in [0.3, 0.4) is 0 Å². The first-order valence-electron chi connectivity index (χ1n) is 9.77. The van der Waals surface area contributed by atoms with E-state index in [1.807, 2.05) is 73.1 Å². The minimum absolute atomic E-state index is 0.0102. The van der Waals surface area contributed by atoms with Gasteiger partial charge in [-0.25, -0.2) is 4.68 Å². The molecule has 1 aliphatic rings. The van der Waals surface area contributed by atoms with E-state index >= 15 is 0 Å². The van der Waals surface area contributed by atoms with Crippen LogP contribution in [0.15, 0.2) is 54.6 Å². The first kappa shape index (κ1) is 18.9. The average Bonchev–Trinajstić information content (AvgIpc) is 3.15. The fraction of sp³-hybridized carbons (Fsp3) is 0.261. The van der Waals surface area contributed by atoms with Gasteiger partial charge in [-0.2, -0.15) is 5.10 Å². The molecule has 0 unspecified atom stereocenters. The quantitative estimate of drug-likeness (QED) is 0.730. The van der Waals surface area contributed by atoms with Crippen molar-refractivity contribution in [2.75, 3.05) is 11.4 Å². The lowest BCUT2D eigenvalue weighted by Gasteiger charge is -2.26. The van der Waals surface area contributed by atoms with Crippen LogP contribution in [0.5, 0.6) is 0 Å². The Balaban J connectivity index is 1.48. The monoisotopic (exact) mass is 388 g/mol. The lowest BCUT2D eigenvalue weighted by Crippen LogP contribution is -2.44.